The molecule has 0 spiro atoms. The maximum Gasteiger partial charge on any atom is 0.243 e. The van der Waals surface area contributed by atoms with Crippen LogP contribution in [0.15, 0.2) is 34.3 Å². The number of carbonyl (C=O) groups excluding carboxylic acids is 1. The first-order valence-corrected chi connectivity index (χ1v) is 14.0. The van der Waals surface area contributed by atoms with Gasteiger partial charge < -0.3 is 5.32 Å². The number of aromatic nitrogens is 3. The first-order chi connectivity index (χ1) is 15.6. The van der Waals surface area contributed by atoms with Crippen molar-refractivity contribution in [3.63, 3.8) is 0 Å². The molecule has 1 N–H and O–H groups in total. The minimum Gasteiger partial charge on any atom is -0.355 e. The van der Waals surface area contributed by atoms with Gasteiger partial charge in [0.25, 0.3) is 0 Å². The van der Waals surface area contributed by atoms with E-state index in [2.05, 4.69) is 43.2 Å². The summed E-state index contributed by atoms with van der Waals surface area (Å²) < 4.78 is 29.4. The third kappa shape index (κ3) is 7.04. The predicted molar refractivity (Wildman–Crippen MR) is 134 cm³/mol. The summed E-state index contributed by atoms with van der Waals surface area (Å²) in [5.41, 5.74) is 0.685. The molecule has 1 aromatic heterocycles. The number of sulfonamides is 1. The van der Waals surface area contributed by atoms with Gasteiger partial charge in [-0.25, -0.2) is 8.42 Å². The van der Waals surface area contributed by atoms with Crippen molar-refractivity contribution in [3.8, 4) is 11.4 Å². The number of hydrogen-bond donors (Lipinski definition) is 1. The second-order valence-electron chi connectivity index (χ2n) is 8.37. The second-order valence-corrected chi connectivity index (χ2v) is 11.3. The summed E-state index contributed by atoms with van der Waals surface area (Å²) in [5.74, 6) is 1.36. The molecule has 0 aliphatic carbocycles. The number of rotatable bonds is 13. The Hall–Kier alpha value is -1.91. The SMILES string of the molecule is CCC(C)n1c(SCC(=O)NCCC(C)C)nnc1-c1cccc(S(=O)(=O)N(CC)CC)c1. The highest BCUT2D eigenvalue weighted by Gasteiger charge is 2.24. The van der Waals surface area contributed by atoms with E-state index in [9.17, 15) is 13.2 Å². The summed E-state index contributed by atoms with van der Waals surface area (Å²) in [7, 11) is -3.58. The van der Waals surface area contributed by atoms with E-state index in [1.54, 1.807) is 18.2 Å². The molecule has 10 heteroatoms. The maximum absolute atomic E-state index is 13.0. The van der Waals surface area contributed by atoms with Crippen LogP contribution in [0.25, 0.3) is 11.4 Å². The minimum atomic E-state index is -3.58. The number of amides is 1. The van der Waals surface area contributed by atoms with Gasteiger partial charge in [0.1, 0.15) is 0 Å². The molecule has 0 aliphatic heterocycles. The van der Waals surface area contributed by atoms with Crippen molar-refractivity contribution < 1.29 is 13.2 Å². The highest BCUT2D eigenvalue weighted by molar-refractivity contribution is 7.99. The molecule has 0 radical (unpaired) electrons. The number of nitrogens with zero attached hydrogens (tertiary/aromatic N) is 4. The predicted octanol–water partition coefficient (Wildman–Crippen LogP) is 4.20. The highest BCUT2D eigenvalue weighted by atomic mass is 32.2. The monoisotopic (exact) mass is 495 g/mol. The molecule has 2 rings (SSSR count). The van der Waals surface area contributed by atoms with Crippen LogP contribution in [-0.4, -0.2) is 58.8 Å². The van der Waals surface area contributed by atoms with Crippen LogP contribution in [0.3, 0.4) is 0 Å². The van der Waals surface area contributed by atoms with Crippen molar-refractivity contribution in [3.05, 3.63) is 24.3 Å². The van der Waals surface area contributed by atoms with Crippen molar-refractivity contribution in [1.82, 2.24) is 24.4 Å². The zero-order chi connectivity index (χ0) is 24.6. The summed E-state index contributed by atoms with van der Waals surface area (Å²) in [6.07, 6.45) is 1.78. The summed E-state index contributed by atoms with van der Waals surface area (Å²) in [6.45, 7) is 13.5. The molecule has 0 saturated carbocycles. The van der Waals surface area contributed by atoms with E-state index in [1.807, 2.05) is 24.5 Å². The Kier molecular flexibility index (Phi) is 10.4. The van der Waals surface area contributed by atoms with Crippen molar-refractivity contribution in [2.24, 2.45) is 5.92 Å². The van der Waals surface area contributed by atoms with E-state index < -0.39 is 10.0 Å². The van der Waals surface area contributed by atoms with E-state index in [0.29, 0.717) is 42.1 Å². The molecule has 2 aromatic rings. The summed E-state index contributed by atoms with van der Waals surface area (Å²) >= 11 is 1.35. The van der Waals surface area contributed by atoms with Crippen LogP contribution in [0.4, 0.5) is 0 Å². The molecule has 1 amide bonds. The minimum absolute atomic E-state index is 0.0341. The normalized spacial score (nSPS) is 13.0. The molecule has 1 heterocycles. The molecule has 1 unspecified atom stereocenters. The lowest BCUT2D eigenvalue weighted by molar-refractivity contribution is -0.118. The van der Waals surface area contributed by atoms with E-state index in [1.165, 1.54) is 16.1 Å². The van der Waals surface area contributed by atoms with Crippen LogP contribution in [0.2, 0.25) is 0 Å². The lowest BCUT2D eigenvalue weighted by Crippen LogP contribution is -2.30. The summed E-state index contributed by atoms with van der Waals surface area (Å²) in [4.78, 5) is 12.5. The number of benzene rings is 1. The van der Waals surface area contributed by atoms with Gasteiger partial charge in [0.15, 0.2) is 11.0 Å². The average molecular weight is 496 g/mol. The van der Waals surface area contributed by atoms with Gasteiger partial charge >= 0.3 is 0 Å². The molecule has 1 atom stereocenters. The van der Waals surface area contributed by atoms with Crippen LogP contribution in [0, 0.1) is 5.92 Å². The number of thioether (sulfide) groups is 1. The van der Waals surface area contributed by atoms with Gasteiger partial charge in [-0.3, -0.25) is 9.36 Å². The maximum atomic E-state index is 13.0. The molecule has 0 bridgehead atoms. The number of carbonyl (C=O) groups is 1. The average Bonchev–Trinajstić information content (AvgIpc) is 3.21. The third-order valence-electron chi connectivity index (χ3n) is 5.51. The Balaban J connectivity index is 2.31. The molecular weight excluding hydrogens is 458 g/mol. The molecule has 184 valence electrons. The second kappa shape index (κ2) is 12.5. The highest BCUT2D eigenvalue weighted by Crippen LogP contribution is 2.30. The fourth-order valence-electron chi connectivity index (χ4n) is 3.34. The van der Waals surface area contributed by atoms with Crippen molar-refractivity contribution in [1.29, 1.82) is 0 Å². The number of hydrogen-bond acceptors (Lipinski definition) is 6. The van der Waals surface area contributed by atoms with E-state index in [-0.39, 0.29) is 22.6 Å². The van der Waals surface area contributed by atoms with Gasteiger partial charge in [0.05, 0.1) is 10.6 Å². The Bertz CT molecular complexity index is 1020. The van der Waals surface area contributed by atoms with Crippen LogP contribution >= 0.6 is 11.8 Å². The molecule has 0 saturated heterocycles. The third-order valence-corrected chi connectivity index (χ3v) is 8.50. The van der Waals surface area contributed by atoms with Gasteiger partial charge in [0.2, 0.25) is 15.9 Å². The van der Waals surface area contributed by atoms with Crippen LogP contribution < -0.4 is 5.32 Å². The Morgan fingerprint density at radius 3 is 2.45 bits per heavy atom. The first-order valence-electron chi connectivity index (χ1n) is 11.6. The Morgan fingerprint density at radius 1 is 1.15 bits per heavy atom. The van der Waals surface area contributed by atoms with Crippen molar-refractivity contribution in [2.75, 3.05) is 25.4 Å². The summed E-state index contributed by atoms with van der Waals surface area (Å²) in [6, 6.07) is 6.93. The fraction of sp³-hybridized carbons (Fsp3) is 0.609. The zero-order valence-electron chi connectivity index (χ0n) is 20.5. The number of nitrogens with one attached hydrogen (secondary N) is 1. The van der Waals surface area contributed by atoms with Gasteiger partial charge in [-0.1, -0.05) is 58.5 Å². The van der Waals surface area contributed by atoms with E-state index in [0.717, 1.165) is 12.8 Å². The largest absolute Gasteiger partial charge is 0.355 e. The quantitative estimate of drug-likeness (QED) is 0.418. The lowest BCUT2D eigenvalue weighted by atomic mass is 10.1. The Labute approximate surface area is 202 Å². The molecular formula is C23H37N5O3S2. The molecule has 1 aromatic carbocycles. The van der Waals surface area contributed by atoms with Crippen LogP contribution in [-0.2, 0) is 14.8 Å². The zero-order valence-corrected chi connectivity index (χ0v) is 22.2. The van der Waals surface area contributed by atoms with Crippen molar-refractivity contribution >= 4 is 27.7 Å². The van der Waals surface area contributed by atoms with E-state index in [4.69, 9.17) is 0 Å². The van der Waals surface area contributed by atoms with Gasteiger partial charge in [-0.2, -0.15) is 4.31 Å². The molecule has 33 heavy (non-hydrogen) atoms. The lowest BCUT2D eigenvalue weighted by Gasteiger charge is -2.19. The summed E-state index contributed by atoms with van der Waals surface area (Å²) in [5, 5.41) is 12.3. The van der Waals surface area contributed by atoms with Gasteiger partial charge in [0, 0.05) is 31.2 Å². The van der Waals surface area contributed by atoms with Crippen LogP contribution in [0.1, 0.15) is 60.4 Å². The smallest absolute Gasteiger partial charge is 0.243 e. The molecule has 0 fully saturated rings. The van der Waals surface area contributed by atoms with Crippen LogP contribution in [0.5, 0.6) is 0 Å². The standard InChI is InChI=1S/C23H37N5O3S2/c1-7-18(6)28-22(25-26-23(28)32-16-21(29)24-14-13-17(4)5)19-11-10-12-20(15-19)33(30,31)27(8-2)9-3/h10-12,15,17-18H,7-9,13-14,16H2,1-6H3,(H,24,29). The molecule has 0 aliphatic rings. The van der Waals surface area contributed by atoms with Gasteiger partial charge in [-0.05, 0) is 37.8 Å². The fourth-order valence-corrected chi connectivity index (χ4v) is 5.71. The first kappa shape index (κ1) is 27.3. The molecule has 8 nitrogen and oxygen atoms in total. The topological polar surface area (TPSA) is 97.2 Å². The van der Waals surface area contributed by atoms with Gasteiger partial charge in [-0.15, -0.1) is 10.2 Å². The Morgan fingerprint density at radius 2 is 1.85 bits per heavy atom. The van der Waals surface area contributed by atoms with E-state index >= 15 is 0 Å². The van der Waals surface area contributed by atoms with Crippen molar-refractivity contribution in [2.45, 2.75) is 70.5 Å².